The minimum absolute atomic E-state index is 0.149. The van der Waals surface area contributed by atoms with Crippen LogP contribution in [0.15, 0.2) is 24.3 Å². The second-order valence-corrected chi connectivity index (χ2v) is 4.29. The molecular weight excluding hydrogens is 214 g/mol. The summed E-state index contributed by atoms with van der Waals surface area (Å²) in [5.41, 5.74) is 6.78. The molecule has 0 spiro atoms. The lowest BCUT2D eigenvalue weighted by Crippen LogP contribution is -2.29. The molecule has 1 atom stereocenters. The summed E-state index contributed by atoms with van der Waals surface area (Å²) in [6.07, 6.45) is 5.43. The van der Waals surface area contributed by atoms with Gasteiger partial charge in [-0.1, -0.05) is 12.1 Å². The molecule has 4 nitrogen and oxygen atoms in total. The summed E-state index contributed by atoms with van der Waals surface area (Å²) in [4.78, 5) is 12.8. The van der Waals surface area contributed by atoms with E-state index in [1.54, 1.807) is 12.1 Å². The predicted octanol–water partition coefficient (Wildman–Crippen LogP) is 1.79. The van der Waals surface area contributed by atoms with Crippen LogP contribution in [-0.4, -0.2) is 17.4 Å². The summed E-state index contributed by atoms with van der Waals surface area (Å²) in [6.45, 7) is 0.818. The maximum atomic E-state index is 11.0. The van der Waals surface area contributed by atoms with Crippen molar-refractivity contribution in [3.8, 4) is 6.19 Å². The highest BCUT2D eigenvalue weighted by atomic mass is 16.1. The van der Waals surface area contributed by atoms with Crippen LogP contribution in [0, 0.1) is 11.5 Å². The first-order valence-corrected chi connectivity index (χ1v) is 5.78. The third-order valence-electron chi connectivity index (χ3n) is 3.21. The van der Waals surface area contributed by atoms with Crippen molar-refractivity contribution in [1.29, 1.82) is 5.26 Å². The monoisotopic (exact) mass is 229 g/mol. The van der Waals surface area contributed by atoms with Crippen LogP contribution in [0.25, 0.3) is 0 Å². The smallest absolute Gasteiger partial charge is 0.248 e. The molecule has 1 amide bonds. The van der Waals surface area contributed by atoms with Crippen molar-refractivity contribution < 1.29 is 4.79 Å². The number of hydrogen-bond donors (Lipinski definition) is 1. The van der Waals surface area contributed by atoms with Crippen LogP contribution < -0.4 is 5.73 Å². The summed E-state index contributed by atoms with van der Waals surface area (Å²) in [5.74, 6) is -0.419. The molecule has 0 bridgehead atoms. The Kier molecular flexibility index (Phi) is 3.29. The maximum absolute atomic E-state index is 11.0. The third-order valence-corrected chi connectivity index (χ3v) is 3.21. The fourth-order valence-electron chi connectivity index (χ4n) is 2.27. The second-order valence-electron chi connectivity index (χ2n) is 4.29. The molecule has 0 aromatic heterocycles. The molecular formula is C13H15N3O. The van der Waals surface area contributed by atoms with Crippen LogP contribution >= 0.6 is 0 Å². The Bertz CT molecular complexity index is 447. The molecule has 1 saturated heterocycles. The second kappa shape index (κ2) is 4.88. The number of primary amides is 1. The molecule has 2 N–H and O–H groups in total. The summed E-state index contributed by atoms with van der Waals surface area (Å²) >= 11 is 0. The van der Waals surface area contributed by atoms with Crippen LogP contribution in [0.1, 0.15) is 41.2 Å². The first-order chi connectivity index (χ1) is 8.22. The number of rotatable bonds is 2. The van der Waals surface area contributed by atoms with Crippen molar-refractivity contribution >= 4 is 5.91 Å². The Morgan fingerprint density at radius 3 is 2.65 bits per heavy atom. The molecule has 0 saturated carbocycles. The van der Waals surface area contributed by atoms with E-state index in [1.165, 1.54) is 0 Å². The van der Waals surface area contributed by atoms with Crippen molar-refractivity contribution in [2.75, 3.05) is 6.54 Å². The third kappa shape index (κ3) is 2.39. The summed E-state index contributed by atoms with van der Waals surface area (Å²) < 4.78 is 0. The molecule has 17 heavy (non-hydrogen) atoms. The zero-order valence-electron chi connectivity index (χ0n) is 9.60. The summed E-state index contributed by atoms with van der Waals surface area (Å²) in [5, 5.41) is 9.07. The van der Waals surface area contributed by atoms with Gasteiger partial charge in [0, 0.05) is 12.1 Å². The van der Waals surface area contributed by atoms with Gasteiger partial charge in [-0.2, -0.15) is 5.26 Å². The fraction of sp³-hybridized carbons (Fsp3) is 0.385. The number of carbonyl (C=O) groups is 1. The Morgan fingerprint density at radius 2 is 2.06 bits per heavy atom. The Morgan fingerprint density at radius 1 is 1.35 bits per heavy atom. The van der Waals surface area contributed by atoms with Gasteiger partial charge in [0.05, 0.1) is 6.04 Å². The lowest BCUT2D eigenvalue weighted by molar-refractivity contribution is 0.1000. The van der Waals surface area contributed by atoms with E-state index in [4.69, 9.17) is 11.0 Å². The quantitative estimate of drug-likeness (QED) is 0.786. The Hall–Kier alpha value is -2.02. The number of hydrogen-bond acceptors (Lipinski definition) is 3. The zero-order valence-corrected chi connectivity index (χ0v) is 9.60. The van der Waals surface area contributed by atoms with Crippen LogP contribution in [0.4, 0.5) is 0 Å². The van der Waals surface area contributed by atoms with Crippen molar-refractivity contribution in [2.45, 2.75) is 25.3 Å². The minimum atomic E-state index is -0.419. The number of amides is 1. The fourth-order valence-corrected chi connectivity index (χ4v) is 2.27. The largest absolute Gasteiger partial charge is 0.366 e. The molecule has 1 aliphatic rings. The predicted molar refractivity (Wildman–Crippen MR) is 63.9 cm³/mol. The van der Waals surface area contributed by atoms with Crippen molar-refractivity contribution in [2.24, 2.45) is 5.73 Å². The zero-order chi connectivity index (χ0) is 12.3. The molecule has 4 heteroatoms. The van der Waals surface area contributed by atoms with Gasteiger partial charge in [0.25, 0.3) is 0 Å². The van der Waals surface area contributed by atoms with E-state index in [2.05, 4.69) is 6.19 Å². The van der Waals surface area contributed by atoms with Crippen molar-refractivity contribution in [3.05, 3.63) is 35.4 Å². The van der Waals surface area contributed by atoms with Gasteiger partial charge in [0.2, 0.25) is 5.91 Å². The minimum Gasteiger partial charge on any atom is -0.366 e. The number of piperidine rings is 1. The first-order valence-electron chi connectivity index (χ1n) is 5.78. The van der Waals surface area contributed by atoms with Gasteiger partial charge in [-0.15, -0.1) is 0 Å². The van der Waals surface area contributed by atoms with Crippen molar-refractivity contribution in [1.82, 2.24) is 4.90 Å². The van der Waals surface area contributed by atoms with Crippen LogP contribution in [-0.2, 0) is 0 Å². The van der Waals surface area contributed by atoms with Gasteiger partial charge in [-0.25, -0.2) is 0 Å². The topological polar surface area (TPSA) is 70.1 Å². The number of benzene rings is 1. The lowest BCUT2D eigenvalue weighted by Gasteiger charge is -2.31. The van der Waals surface area contributed by atoms with Crippen molar-refractivity contribution in [3.63, 3.8) is 0 Å². The lowest BCUT2D eigenvalue weighted by atomic mass is 9.95. The highest BCUT2D eigenvalue weighted by Gasteiger charge is 2.22. The van der Waals surface area contributed by atoms with E-state index in [0.717, 1.165) is 31.4 Å². The standard InChI is InChI=1S/C13H15N3O/c14-9-16-8-2-1-3-12(16)10-4-6-11(7-5-10)13(15)17/h4-7,12H,1-3,8H2,(H2,15,17). The van der Waals surface area contributed by atoms with Gasteiger partial charge >= 0.3 is 0 Å². The maximum Gasteiger partial charge on any atom is 0.248 e. The summed E-state index contributed by atoms with van der Waals surface area (Å²) in [7, 11) is 0. The SMILES string of the molecule is N#CN1CCCCC1c1ccc(C(N)=O)cc1. The van der Waals surface area contributed by atoms with Crippen LogP contribution in [0.2, 0.25) is 0 Å². The average molecular weight is 229 g/mol. The molecule has 1 aliphatic heterocycles. The molecule has 2 rings (SSSR count). The molecule has 1 fully saturated rings. The van der Waals surface area contributed by atoms with E-state index in [-0.39, 0.29) is 6.04 Å². The highest BCUT2D eigenvalue weighted by Crippen LogP contribution is 2.30. The van der Waals surface area contributed by atoms with E-state index in [0.29, 0.717) is 5.56 Å². The van der Waals surface area contributed by atoms with Crippen LogP contribution in [0.3, 0.4) is 0 Å². The van der Waals surface area contributed by atoms with Crippen LogP contribution in [0.5, 0.6) is 0 Å². The molecule has 0 aliphatic carbocycles. The molecule has 1 aromatic rings. The van der Waals surface area contributed by atoms with Gasteiger partial charge in [0.1, 0.15) is 0 Å². The summed E-state index contributed by atoms with van der Waals surface area (Å²) in [6, 6.07) is 7.38. The number of nitrogens with zero attached hydrogens (tertiary/aromatic N) is 2. The number of likely N-dealkylation sites (tertiary alicyclic amines) is 1. The van der Waals surface area contributed by atoms with E-state index in [9.17, 15) is 4.79 Å². The molecule has 0 radical (unpaired) electrons. The van der Waals surface area contributed by atoms with Gasteiger partial charge in [0.15, 0.2) is 6.19 Å². The number of nitrogens with two attached hydrogens (primary N) is 1. The number of nitriles is 1. The van der Waals surface area contributed by atoms with E-state index < -0.39 is 5.91 Å². The average Bonchev–Trinajstić information content (AvgIpc) is 2.39. The van der Waals surface area contributed by atoms with Gasteiger partial charge in [-0.05, 0) is 37.0 Å². The van der Waals surface area contributed by atoms with E-state index >= 15 is 0 Å². The van der Waals surface area contributed by atoms with E-state index in [1.807, 2.05) is 17.0 Å². The molecule has 88 valence electrons. The molecule has 1 heterocycles. The number of carbonyl (C=O) groups excluding carboxylic acids is 1. The van der Waals surface area contributed by atoms with Gasteiger partial charge in [-0.3, -0.25) is 4.79 Å². The first kappa shape index (κ1) is 11.5. The highest BCUT2D eigenvalue weighted by molar-refractivity contribution is 5.92. The Balaban J connectivity index is 2.21. The van der Waals surface area contributed by atoms with Gasteiger partial charge < -0.3 is 10.6 Å². The normalized spacial score (nSPS) is 19.7. The molecule has 1 aromatic carbocycles. The Labute approximate surface area is 101 Å². The molecule has 1 unspecified atom stereocenters.